The van der Waals surface area contributed by atoms with Crippen molar-refractivity contribution in [3.63, 3.8) is 0 Å². The summed E-state index contributed by atoms with van der Waals surface area (Å²) in [6.07, 6.45) is 1.99. The standard InChI is InChI=1S/C18H20N2O2/c1-13-6-3-9-16(19-13)18(21)20-11-5-10-17(20)14-7-4-8-15(12-14)22-2/h3-4,6-9,12,17H,5,10-11H2,1-2H3. The topological polar surface area (TPSA) is 42.4 Å². The Balaban J connectivity index is 1.88. The Morgan fingerprint density at radius 3 is 2.86 bits per heavy atom. The summed E-state index contributed by atoms with van der Waals surface area (Å²) in [5.41, 5.74) is 2.51. The minimum Gasteiger partial charge on any atom is -0.497 e. The molecule has 1 aliphatic rings. The van der Waals surface area contributed by atoms with Gasteiger partial charge in [0.2, 0.25) is 0 Å². The molecule has 1 aromatic carbocycles. The van der Waals surface area contributed by atoms with Gasteiger partial charge in [0, 0.05) is 12.2 Å². The number of amides is 1. The van der Waals surface area contributed by atoms with Gasteiger partial charge in [-0.25, -0.2) is 4.98 Å². The third kappa shape index (κ3) is 2.82. The molecule has 0 bridgehead atoms. The second-order valence-electron chi connectivity index (χ2n) is 5.60. The summed E-state index contributed by atoms with van der Waals surface area (Å²) >= 11 is 0. The molecule has 0 radical (unpaired) electrons. The number of pyridine rings is 1. The number of likely N-dealkylation sites (tertiary alicyclic amines) is 1. The second-order valence-corrected chi connectivity index (χ2v) is 5.60. The fraction of sp³-hybridized carbons (Fsp3) is 0.333. The average Bonchev–Trinajstić information content (AvgIpc) is 3.04. The molecule has 4 nitrogen and oxygen atoms in total. The van der Waals surface area contributed by atoms with Crippen LogP contribution >= 0.6 is 0 Å². The molecule has 1 aromatic heterocycles. The van der Waals surface area contributed by atoms with E-state index in [-0.39, 0.29) is 11.9 Å². The molecular weight excluding hydrogens is 276 g/mol. The van der Waals surface area contributed by atoms with Gasteiger partial charge in [-0.15, -0.1) is 0 Å². The van der Waals surface area contributed by atoms with Gasteiger partial charge in [-0.1, -0.05) is 18.2 Å². The molecule has 1 saturated heterocycles. The van der Waals surface area contributed by atoms with Crippen molar-refractivity contribution in [3.05, 3.63) is 59.4 Å². The molecule has 114 valence electrons. The summed E-state index contributed by atoms with van der Waals surface area (Å²) in [5.74, 6) is 0.833. The van der Waals surface area contributed by atoms with Crippen LogP contribution in [0.25, 0.3) is 0 Å². The fourth-order valence-corrected chi connectivity index (χ4v) is 3.01. The number of aromatic nitrogens is 1. The van der Waals surface area contributed by atoms with Crippen LogP contribution in [0.3, 0.4) is 0 Å². The summed E-state index contributed by atoms with van der Waals surface area (Å²) in [6, 6.07) is 13.6. The lowest BCUT2D eigenvalue weighted by molar-refractivity contribution is 0.0729. The third-order valence-corrected chi connectivity index (χ3v) is 4.10. The predicted molar refractivity (Wildman–Crippen MR) is 85.0 cm³/mol. The van der Waals surface area contributed by atoms with Crippen molar-refractivity contribution in [2.45, 2.75) is 25.8 Å². The van der Waals surface area contributed by atoms with Crippen LogP contribution in [0.4, 0.5) is 0 Å². The van der Waals surface area contributed by atoms with E-state index in [1.54, 1.807) is 13.2 Å². The summed E-state index contributed by atoms with van der Waals surface area (Å²) < 4.78 is 5.29. The molecule has 1 amide bonds. The Hall–Kier alpha value is -2.36. The molecule has 22 heavy (non-hydrogen) atoms. The van der Waals surface area contributed by atoms with Gasteiger partial charge in [0.15, 0.2) is 0 Å². The van der Waals surface area contributed by atoms with E-state index in [0.29, 0.717) is 5.69 Å². The highest BCUT2D eigenvalue weighted by Crippen LogP contribution is 2.34. The van der Waals surface area contributed by atoms with Crippen LogP contribution in [0.5, 0.6) is 5.75 Å². The number of benzene rings is 1. The molecule has 1 fully saturated rings. The quantitative estimate of drug-likeness (QED) is 0.872. The van der Waals surface area contributed by atoms with E-state index in [2.05, 4.69) is 11.1 Å². The van der Waals surface area contributed by atoms with Crippen molar-refractivity contribution in [2.24, 2.45) is 0 Å². The summed E-state index contributed by atoms with van der Waals surface area (Å²) in [7, 11) is 1.66. The number of carbonyl (C=O) groups excluding carboxylic acids is 1. The fourth-order valence-electron chi connectivity index (χ4n) is 3.01. The number of carbonyl (C=O) groups is 1. The second kappa shape index (κ2) is 6.18. The predicted octanol–water partition coefficient (Wildman–Crippen LogP) is 3.38. The highest BCUT2D eigenvalue weighted by Gasteiger charge is 2.31. The SMILES string of the molecule is COc1cccc(C2CCCN2C(=O)c2cccc(C)n2)c1. The van der Waals surface area contributed by atoms with Gasteiger partial charge in [-0.3, -0.25) is 4.79 Å². The van der Waals surface area contributed by atoms with E-state index in [9.17, 15) is 4.79 Å². The van der Waals surface area contributed by atoms with Crippen molar-refractivity contribution in [1.29, 1.82) is 0 Å². The Morgan fingerprint density at radius 2 is 2.09 bits per heavy atom. The Labute approximate surface area is 130 Å². The van der Waals surface area contributed by atoms with Gasteiger partial charge >= 0.3 is 0 Å². The summed E-state index contributed by atoms with van der Waals surface area (Å²) in [6.45, 7) is 2.68. The Morgan fingerprint density at radius 1 is 1.27 bits per heavy atom. The molecule has 1 unspecified atom stereocenters. The number of aryl methyl sites for hydroxylation is 1. The molecule has 0 aliphatic carbocycles. The van der Waals surface area contributed by atoms with Crippen molar-refractivity contribution in [2.75, 3.05) is 13.7 Å². The van der Waals surface area contributed by atoms with Gasteiger partial charge in [-0.2, -0.15) is 0 Å². The van der Waals surface area contributed by atoms with Gasteiger partial charge in [-0.05, 0) is 49.6 Å². The average molecular weight is 296 g/mol. The lowest BCUT2D eigenvalue weighted by atomic mass is 10.0. The van der Waals surface area contributed by atoms with Crippen LogP contribution in [0, 0.1) is 6.92 Å². The number of hydrogen-bond acceptors (Lipinski definition) is 3. The van der Waals surface area contributed by atoms with Crippen molar-refractivity contribution in [3.8, 4) is 5.75 Å². The molecule has 1 atom stereocenters. The molecule has 0 saturated carbocycles. The monoisotopic (exact) mass is 296 g/mol. The normalized spacial score (nSPS) is 17.5. The Kier molecular flexibility index (Phi) is 4.09. The van der Waals surface area contributed by atoms with E-state index in [4.69, 9.17) is 4.74 Å². The Bertz CT molecular complexity index is 684. The lowest BCUT2D eigenvalue weighted by Crippen LogP contribution is -2.31. The van der Waals surface area contributed by atoms with Crippen LogP contribution in [0.2, 0.25) is 0 Å². The first-order valence-electron chi connectivity index (χ1n) is 7.57. The van der Waals surface area contributed by atoms with E-state index in [0.717, 1.165) is 36.4 Å². The number of nitrogens with zero attached hydrogens (tertiary/aromatic N) is 2. The van der Waals surface area contributed by atoms with Gasteiger partial charge in [0.05, 0.1) is 13.2 Å². The first kappa shape index (κ1) is 14.6. The van der Waals surface area contributed by atoms with Crippen molar-refractivity contribution in [1.82, 2.24) is 9.88 Å². The molecule has 4 heteroatoms. The first-order chi connectivity index (χ1) is 10.7. The minimum atomic E-state index is 0.00835. The number of ether oxygens (including phenoxy) is 1. The molecule has 3 rings (SSSR count). The molecule has 0 N–H and O–H groups in total. The highest BCUT2D eigenvalue weighted by molar-refractivity contribution is 5.92. The molecule has 2 aromatic rings. The van der Waals surface area contributed by atoms with E-state index < -0.39 is 0 Å². The zero-order valence-corrected chi connectivity index (χ0v) is 13.0. The molecule has 0 spiro atoms. The smallest absolute Gasteiger partial charge is 0.272 e. The molecular formula is C18H20N2O2. The number of methoxy groups -OCH3 is 1. The molecule has 1 aliphatic heterocycles. The van der Waals surface area contributed by atoms with E-state index in [1.807, 2.05) is 42.2 Å². The van der Waals surface area contributed by atoms with Crippen LogP contribution in [0.1, 0.15) is 40.6 Å². The summed E-state index contributed by atoms with van der Waals surface area (Å²) in [4.78, 5) is 19.1. The van der Waals surface area contributed by atoms with Crippen molar-refractivity contribution < 1.29 is 9.53 Å². The maximum atomic E-state index is 12.8. The lowest BCUT2D eigenvalue weighted by Gasteiger charge is -2.25. The van der Waals surface area contributed by atoms with Crippen LogP contribution < -0.4 is 4.74 Å². The van der Waals surface area contributed by atoms with Crippen LogP contribution in [-0.2, 0) is 0 Å². The van der Waals surface area contributed by atoms with Crippen LogP contribution in [-0.4, -0.2) is 29.4 Å². The van der Waals surface area contributed by atoms with Gasteiger partial charge in [0.25, 0.3) is 5.91 Å². The number of hydrogen-bond donors (Lipinski definition) is 0. The largest absolute Gasteiger partial charge is 0.497 e. The van der Waals surface area contributed by atoms with E-state index >= 15 is 0 Å². The van der Waals surface area contributed by atoms with Crippen molar-refractivity contribution >= 4 is 5.91 Å². The maximum absolute atomic E-state index is 12.8. The third-order valence-electron chi connectivity index (χ3n) is 4.10. The zero-order chi connectivity index (χ0) is 15.5. The molecule has 2 heterocycles. The summed E-state index contributed by atoms with van der Waals surface area (Å²) in [5, 5.41) is 0. The van der Waals surface area contributed by atoms with Gasteiger partial charge < -0.3 is 9.64 Å². The zero-order valence-electron chi connectivity index (χ0n) is 13.0. The minimum absolute atomic E-state index is 0.00835. The van der Waals surface area contributed by atoms with Crippen LogP contribution in [0.15, 0.2) is 42.5 Å². The highest BCUT2D eigenvalue weighted by atomic mass is 16.5. The van der Waals surface area contributed by atoms with Gasteiger partial charge in [0.1, 0.15) is 11.4 Å². The maximum Gasteiger partial charge on any atom is 0.272 e. The van der Waals surface area contributed by atoms with E-state index in [1.165, 1.54) is 0 Å². The number of rotatable bonds is 3. The first-order valence-corrected chi connectivity index (χ1v) is 7.57.